The fourth-order valence-electron chi connectivity index (χ4n) is 2.38. The fourth-order valence-corrected chi connectivity index (χ4v) is 5.45. The molecule has 0 saturated carbocycles. The van der Waals surface area contributed by atoms with E-state index in [2.05, 4.69) is 30.5 Å². The van der Waals surface area contributed by atoms with E-state index in [-0.39, 0.29) is 6.54 Å². The lowest BCUT2D eigenvalue weighted by Crippen LogP contribution is -2.23. The summed E-state index contributed by atoms with van der Waals surface area (Å²) in [6.07, 6.45) is 4.11. The van der Waals surface area contributed by atoms with Gasteiger partial charge >= 0.3 is 0 Å². The van der Waals surface area contributed by atoms with E-state index < -0.39 is 10.0 Å². The van der Waals surface area contributed by atoms with Crippen LogP contribution in [-0.4, -0.2) is 26.5 Å². The van der Waals surface area contributed by atoms with Gasteiger partial charge in [0.25, 0.3) is 0 Å². The van der Waals surface area contributed by atoms with Gasteiger partial charge in [-0.15, -0.1) is 11.3 Å². The summed E-state index contributed by atoms with van der Waals surface area (Å²) in [7, 11) is -3.47. The van der Waals surface area contributed by atoms with Gasteiger partial charge in [0.15, 0.2) is 0 Å². The van der Waals surface area contributed by atoms with Crippen LogP contribution in [0.3, 0.4) is 0 Å². The van der Waals surface area contributed by atoms with Crippen LogP contribution in [0.25, 0.3) is 0 Å². The van der Waals surface area contributed by atoms with Crippen molar-refractivity contribution in [3.63, 3.8) is 0 Å². The highest BCUT2D eigenvalue weighted by Crippen LogP contribution is 2.26. The molecule has 0 spiro atoms. The van der Waals surface area contributed by atoms with Crippen molar-refractivity contribution in [3.05, 3.63) is 39.8 Å². The molecular weight excluding hydrogens is 386 g/mol. The van der Waals surface area contributed by atoms with Crippen molar-refractivity contribution in [2.24, 2.45) is 0 Å². The molecule has 0 bridgehead atoms. The molecule has 0 aliphatic carbocycles. The lowest BCUT2D eigenvalue weighted by Gasteiger charge is -2.16. The molecule has 5 nitrogen and oxygen atoms in total. The zero-order valence-corrected chi connectivity index (χ0v) is 15.0. The molecule has 0 unspecified atom stereocenters. The van der Waals surface area contributed by atoms with E-state index in [4.69, 9.17) is 0 Å². The van der Waals surface area contributed by atoms with Crippen LogP contribution in [-0.2, 0) is 16.6 Å². The van der Waals surface area contributed by atoms with Gasteiger partial charge in [0.1, 0.15) is 10.0 Å². The Morgan fingerprint density at radius 1 is 1.27 bits per heavy atom. The van der Waals surface area contributed by atoms with Crippen molar-refractivity contribution < 1.29 is 8.42 Å². The standard InChI is InChI=1S/C14H16BrN3O2S2/c15-12-3-4-14(21-12)22(19,20)17-10-11-5-6-16-13(9-11)18-7-1-2-8-18/h3-6,9,17H,1-2,7-8,10H2. The third-order valence-electron chi connectivity index (χ3n) is 3.52. The Bertz CT molecular complexity index is 755. The van der Waals surface area contributed by atoms with Gasteiger partial charge in [-0.05, 0) is 58.6 Å². The van der Waals surface area contributed by atoms with Gasteiger partial charge in [0.2, 0.25) is 10.0 Å². The second-order valence-electron chi connectivity index (χ2n) is 5.10. The van der Waals surface area contributed by atoms with Gasteiger partial charge in [0, 0.05) is 25.8 Å². The molecule has 3 heterocycles. The van der Waals surface area contributed by atoms with Gasteiger partial charge in [-0.3, -0.25) is 0 Å². The van der Waals surface area contributed by atoms with Crippen LogP contribution < -0.4 is 9.62 Å². The van der Waals surface area contributed by atoms with Crippen LogP contribution >= 0.6 is 27.3 Å². The Kier molecular flexibility index (Phi) is 4.82. The number of thiophene rings is 1. The summed E-state index contributed by atoms with van der Waals surface area (Å²) in [5.41, 5.74) is 0.913. The Labute approximate surface area is 142 Å². The minimum atomic E-state index is -3.47. The van der Waals surface area contributed by atoms with Crippen molar-refractivity contribution in [2.45, 2.75) is 23.6 Å². The maximum absolute atomic E-state index is 12.2. The molecule has 22 heavy (non-hydrogen) atoms. The molecule has 1 fully saturated rings. The van der Waals surface area contributed by atoms with Crippen LogP contribution in [0.5, 0.6) is 0 Å². The van der Waals surface area contributed by atoms with Crippen LogP contribution in [0.15, 0.2) is 38.5 Å². The molecular formula is C14H16BrN3O2S2. The lowest BCUT2D eigenvalue weighted by molar-refractivity contribution is 0.583. The SMILES string of the molecule is O=S(=O)(NCc1ccnc(N2CCCC2)c1)c1ccc(Br)s1. The Morgan fingerprint density at radius 3 is 2.73 bits per heavy atom. The van der Waals surface area contributed by atoms with E-state index in [9.17, 15) is 8.42 Å². The van der Waals surface area contributed by atoms with Gasteiger partial charge < -0.3 is 4.90 Å². The summed E-state index contributed by atoms with van der Waals surface area (Å²) in [4.78, 5) is 6.60. The molecule has 118 valence electrons. The number of halogens is 1. The molecule has 0 aromatic carbocycles. The fraction of sp³-hybridized carbons (Fsp3) is 0.357. The van der Waals surface area contributed by atoms with E-state index >= 15 is 0 Å². The number of sulfonamides is 1. The molecule has 1 N–H and O–H groups in total. The summed E-state index contributed by atoms with van der Waals surface area (Å²) in [6.45, 7) is 2.30. The number of rotatable bonds is 5. The van der Waals surface area contributed by atoms with E-state index in [1.165, 1.54) is 24.2 Å². The molecule has 0 radical (unpaired) electrons. The largest absolute Gasteiger partial charge is 0.357 e. The smallest absolute Gasteiger partial charge is 0.250 e. The molecule has 0 atom stereocenters. The lowest BCUT2D eigenvalue weighted by atomic mass is 10.2. The average molecular weight is 402 g/mol. The van der Waals surface area contributed by atoms with Gasteiger partial charge in [0.05, 0.1) is 3.79 Å². The summed E-state index contributed by atoms with van der Waals surface area (Å²) >= 11 is 4.48. The monoisotopic (exact) mass is 401 g/mol. The van der Waals surface area contributed by atoms with E-state index in [1.54, 1.807) is 18.3 Å². The summed E-state index contributed by atoms with van der Waals surface area (Å²) in [6, 6.07) is 7.13. The zero-order chi connectivity index (χ0) is 15.6. The first kappa shape index (κ1) is 15.9. The molecule has 1 aliphatic heterocycles. The third kappa shape index (κ3) is 3.68. The molecule has 3 rings (SSSR count). The third-order valence-corrected chi connectivity index (χ3v) is 7.04. The average Bonchev–Trinajstić information content (AvgIpc) is 3.17. The molecule has 1 saturated heterocycles. The van der Waals surface area contributed by atoms with Gasteiger partial charge in [-0.1, -0.05) is 0 Å². The van der Waals surface area contributed by atoms with E-state index in [1.807, 2.05) is 12.1 Å². The topological polar surface area (TPSA) is 62.3 Å². The molecule has 2 aromatic heterocycles. The highest BCUT2D eigenvalue weighted by molar-refractivity contribution is 9.11. The van der Waals surface area contributed by atoms with Crippen LogP contribution in [0.1, 0.15) is 18.4 Å². The van der Waals surface area contributed by atoms with E-state index in [0.29, 0.717) is 4.21 Å². The number of aromatic nitrogens is 1. The molecule has 0 amide bonds. The first-order valence-corrected chi connectivity index (χ1v) is 10.1. The van der Waals surface area contributed by atoms with Crippen molar-refractivity contribution >= 4 is 43.1 Å². The molecule has 1 aliphatic rings. The Balaban J connectivity index is 1.69. The highest BCUT2D eigenvalue weighted by atomic mass is 79.9. The number of pyridine rings is 1. The maximum atomic E-state index is 12.2. The first-order chi connectivity index (χ1) is 10.5. The predicted molar refractivity (Wildman–Crippen MR) is 91.7 cm³/mol. The minimum Gasteiger partial charge on any atom is -0.357 e. The highest BCUT2D eigenvalue weighted by Gasteiger charge is 2.17. The maximum Gasteiger partial charge on any atom is 0.250 e. The van der Waals surface area contributed by atoms with Crippen LogP contribution in [0.2, 0.25) is 0 Å². The Hall–Kier alpha value is -0.960. The predicted octanol–water partition coefficient (Wildman–Crippen LogP) is 2.98. The van der Waals surface area contributed by atoms with Gasteiger partial charge in [-0.25, -0.2) is 18.1 Å². The first-order valence-electron chi connectivity index (χ1n) is 6.99. The quantitative estimate of drug-likeness (QED) is 0.836. The molecule has 2 aromatic rings. The van der Waals surface area contributed by atoms with Crippen LogP contribution in [0.4, 0.5) is 5.82 Å². The van der Waals surface area contributed by atoms with Crippen LogP contribution in [0, 0.1) is 0 Å². The minimum absolute atomic E-state index is 0.265. The van der Waals surface area contributed by atoms with E-state index in [0.717, 1.165) is 28.3 Å². The summed E-state index contributed by atoms with van der Waals surface area (Å²) in [5.74, 6) is 0.924. The second kappa shape index (κ2) is 6.66. The van der Waals surface area contributed by atoms with Gasteiger partial charge in [-0.2, -0.15) is 0 Å². The normalized spacial score (nSPS) is 15.4. The zero-order valence-electron chi connectivity index (χ0n) is 11.8. The van der Waals surface area contributed by atoms with Crippen molar-refractivity contribution in [2.75, 3.05) is 18.0 Å². The number of anilines is 1. The number of nitrogens with one attached hydrogen (secondary N) is 1. The van der Waals surface area contributed by atoms with Crippen molar-refractivity contribution in [1.29, 1.82) is 0 Å². The van der Waals surface area contributed by atoms with Crippen molar-refractivity contribution in [3.8, 4) is 0 Å². The second-order valence-corrected chi connectivity index (χ2v) is 9.56. The number of hydrogen-bond donors (Lipinski definition) is 1. The summed E-state index contributed by atoms with van der Waals surface area (Å²) < 4.78 is 28.2. The number of hydrogen-bond acceptors (Lipinski definition) is 5. The van der Waals surface area contributed by atoms with Crippen molar-refractivity contribution in [1.82, 2.24) is 9.71 Å². The summed E-state index contributed by atoms with van der Waals surface area (Å²) in [5, 5.41) is 0. The number of nitrogens with zero attached hydrogens (tertiary/aromatic N) is 2. The Morgan fingerprint density at radius 2 is 2.05 bits per heavy atom. The molecule has 8 heteroatoms.